The van der Waals surface area contributed by atoms with Crippen LogP contribution in [0, 0.1) is 5.92 Å². The van der Waals surface area contributed by atoms with Crippen LogP contribution in [0.15, 0.2) is 0 Å². The second-order valence-electron chi connectivity index (χ2n) is 2.56. The molecule has 3 heteroatoms. The van der Waals surface area contributed by atoms with Gasteiger partial charge in [0, 0.05) is 10.3 Å². The Morgan fingerprint density at radius 2 is 2.50 bits per heavy atom. The molecule has 0 amide bonds. The van der Waals surface area contributed by atoms with E-state index >= 15 is 0 Å². The largest absolute Gasteiger partial charge is 0.461 e. The fourth-order valence-electron chi connectivity index (χ4n) is 1.22. The summed E-state index contributed by atoms with van der Waals surface area (Å²) in [5.41, 5.74) is 0. The number of alkyl halides is 1. The summed E-state index contributed by atoms with van der Waals surface area (Å²) in [6.07, 6.45) is 1.88. The SMILES string of the molecule is CC[C@H]1CC(=O)O[C@@H]1CI. The van der Waals surface area contributed by atoms with E-state index in [-0.39, 0.29) is 12.1 Å². The van der Waals surface area contributed by atoms with Gasteiger partial charge < -0.3 is 4.74 Å². The number of halogens is 1. The lowest BCUT2D eigenvalue weighted by atomic mass is 10.0. The third-order valence-electron chi connectivity index (χ3n) is 1.91. The van der Waals surface area contributed by atoms with Gasteiger partial charge in [-0.25, -0.2) is 0 Å². The van der Waals surface area contributed by atoms with Crippen LogP contribution in [0.3, 0.4) is 0 Å². The van der Waals surface area contributed by atoms with E-state index in [0.717, 1.165) is 10.8 Å². The summed E-state index contributed by atoms with van der Waals surface area (Å²) in [5.74, 6) is 0.456. The molecule has 2 nitrogen and oxygen atoms in total. The van der Waals surface area contributed by atoms with E-state index < -0.39 is 0 Å². The highest BCUT2D eigenvalue weighted by Gasteiger charge is 2.32. The topological polar surface area (TPSA) is 26.3 Å². The molecule has 0 N–H and O–H groups in total. The monoisotopic (exact) mass is 254 g/mol. The van der Waals surface area contributed by atoms with Gasteiger partial charge in [-0.2, -0.15) is 0 Å². The maximum absolute atomic E-state index is 10.8. The quantitative estimate of drug-likeness (QED) is 0.426. The Balaban J connectivity index is 2.48. The van der Waals surface area contributed by atoms with Crippen LogP contribution < -0.4 is 0 Å². The number of carbonyl (C=O) groups excluding carboxylic acids is 1. The zero-order valence-electron chi connectivity index (χ0n) is 5.97. The summed E-state index contributed by atoms with van der Waals surface area (Å²) < 4.78 is 6.00. The molecule has 1 rings (SSSR count). The van der Waals surface area contributed by atoms with E-state index in [4.69, 9.17) is 4.74 Å². The number of hydrogen-bond acceptors (Lipinski definition) is 2. The van der Waals surface area contributed by atoms with Crippen molar-refractivity contribution in [2.45, 2.75) is 25.9 Å². The Morgan fingerprint density at radius 3 is 2.90 bits per heavy atom. The van der Waals surface area contributed by atoms with Gasteiger partial charge in [-0.15, -0.1) is 0 Å². The lowest BCUT2D eigenvalue weighted by Gasteiger charge is -2.11. The molecular weight excluding hydrogens is 243 g/mol. The minimum atomic E-state index is -0.0199. The van der Waals surface area contributed by atoms with Gasteiger partial charge in [0.2, 0.25) is 0 Å². The molecule has 0 spiro atoms. The molecule has 0 saturated carbocycles. The van der Waals surface area contributed by atoms with E-state index in [9.17, 15) is 4.79 Å². The van der Waals surface area contributed by atoms with E-state index in [1.165, 1.54) is 0 Å². The average Bonchev–Trinajstić information content (AvgIpc) is 2.30. The lowest BCUT2D eigenvalue weighted by molar-refractivity contribution is -0.140. The zero-order valence-corrected chi connectivity index (χ0v) is 8.13. The third-order valence-corrected chi connectivity index (χ3v) is 2.78. The molecule has 0 bridgehead atoms. The molecule has 1 heterocycles. The van der Waals surface area contributed by atoms with Crippen LogP contribution in [0.25, 0.3) is 0 Å². The van der Waals surface area contributed by atoms with Gasteiger partial charge in [-0.1, -0.05) is 29.5 Å². The fourth-order valence-corrected chi connectivity index (χ4v) is 2.12. The lowest BCUT2D eigenvalue weighted by Crippen LogP contribution is -2.16. The van der Waals surface area contributed by atoms with Crippen LogP contribution in [0.2, 0.25) is 0 Å². The summed E-state index contributed by atoms with van der Waals surface area (Å²) >= 11 is 2.26. The summed E-state index contributed by atoms with van der Waals surface area (Å²) in [5, 5.41) is 0. The second-order valence-corrected chi connectivity index (χ2v) is 3.44. The van der Waals surface area contributed by atoms with Crippen LogP contribution in [0.5, 0.6) is 0 Å². The van der Waals surface area contributed by atoms with Crippen LogP contribution in [-0.4, -0.2) is 16.5 Å². The Bertz CT molecular complexity index is 122. The van der Waals surface area contributed by atoms with Crippen molar-refractivity contribution in [3.05, 3.63) is 0 Å². The van der Waals surface area contributed by atoms with Gasteiger partial charge in [0.15, 0.2) is 0 Å². The molecule has 0 aromatic rings. The van der Waals surface area contributed by atoms with Crippen molar-refractivity contribution in [1.82, 2.24) is 0 Å². The molecule has 0 unspecified atom stereocenters. The highest BCUT2D eigenvalue weighted by atomic mass is 127. The second kappa shape index (κ2) is 3.55. The molecule has 1 fully saturated rings. The molecule has 0 radical (unpaired) electrons. The molecular formula is C7H11IO2. The van der Waals surface area contributed by atoms with Gasteiger partial charge >= 0.3 is 5.97 Å². The van der Waals surface area contributed by atoms with Crippen molar-refractivity contribution in [3.8, 4) is 0 Å². The first kappa shape index (κ1) is 8.30. The summed E-state index contributed by atoms with van der Waals surface area (Å²) in [7, 11) is 0. The molecule has 0 aliphatic carbocycles. The van der Waals surface area contributed by atoms with Crippen molar-refractivity contribution < 1.29 is 9.53 Å². The number of cyclic esters (lactones) is 1. The summed E-state index contributed by atoms with van der Waals surface area (Å²) in [4.78, 5) is 10.8. The van der Waals surface area contributed by atoms with Crippen molar-refractivity contribution >= 4 is 28.6 Å². The standard InChI is InChI=1S/C7H11IO2/c1-2-5-3-7(9)10-6(5)4-8/h5-6H,2-4H2,1H3/t5-,6+/m0/s1. The number of esters is 1. The number of ether oxygens (including phenoxy) is 1. The van der Waals surface area contributed by atoms with Crippen molar-refractivity contribution in [2.24, 2.45) is 5.92 Å². The van der Waals surface area contributed by atoms with Crippen molar-refractivity contribution in [1.29, 1.82) is 0 Å². The number of hydrogen-bond donors (Lipinski definition) is 0. The van der Waals surface area contributed by atoms with Crippen molar-refractivity contribution in [2.75, 3.05) is 4.43 Å². The van der Waals surface area contributed by atoms with Crippen LogP contribution in [-0.2, 0) is 9.53 Å². The smallest absolute Gasteiger partial charge is 0.306 e. The third kappa shape index (κ3) is 1.62. The molecule has 1 aliphatic rings. The Labute approximate surface area is 74.5 Å². The van der Waals surface area contributed by atoms with Gasteiger partial charge in [0.05, 0.1) is 6.42 Å². The van der Waals surface area contributed by atoms with Gasteiger partial charge in [0.25, 0.3) is 0 Å². The number of rotatable bonds is 2. The van der Waals surface area contributed by atoms with Crippen LogP contribution >= 0.6 is 22.6 Å². The first-order valence-electron chi connectivity index (χ1n) is 3.53. The number of carbonyl (C=O) groups is 1. The average molecular weight is 254 g/mol. The van der Waals surface area contributed by atoms with Crippen LogP contribution in [0.4, 0.5) is 0 Å². The minimum Gasteiger partial charge on any atom is -0.461 e. The predicted octanol–water partition coefficient (Wildman–Crippen LogP) is 1.76. The zero-order chi connectivity index (χ0) is 7.56. The Morgan fingerprint density at radius 1 is 1.80 bits per heavy atom. The molecule has 58 valence electrons. The fraction of sp³-hybridized carbons (Fsp3) is 0.857. The van der Waals surface area contributed by atoms with E-state index in [2.05, 4.69) is 29.5 Å². The maximum Gasteiger partial charge on any atom is 0.306 e. The Hall–Kier alpha value is 0.200. The molecule has 2 atom stereocenters. The first-order chi connectivity index (χ1) is 4.77. The highest BCUT2D eigenvalue weighted by molar-refractivity contribution is 14.1. The highest BCUT2D eigenvalue weighted by Crippen LogP contribution is 2.25. The minimum absolute atomic E-state index is 0.0199. The van der Waals surface area contributed by atoms with E-state index in [1.54, 1.807) is 0 Å². The molecule has 1 aliphatic heterocycles. The van der Waals surface area contributed by atoms with Gasteiger partial charge in [-0.05, 0) is 6.42 Å². The van der Waals surface area contributed by atoms with Crippen LogP contribution in [0.1, 0.15) is 19.8 Å². The van der Waals surface area contributed by atoms with Crippen molar-refractivity contribution in [3.63, 3.8) is 0 Å². The molecule has 0 aromatic heterocycles. The van der Waals surface area contributed by atoms with Gasteiger partial charge in [0.1, 0.15) is 6.10 Å². The van der Waals surface area contributed by atoms with E-state index in [0.29, 0.717) is 12.3 Å². The maximum atomic E-state index is 10.8. The summed E-state index contributed by atoms with van der Waals surface area (Å²) in [6, 6.07) is 0. The van der Waals surface area contributed by atoms with E-state index in [1.807, 2.05) is 0 Å². The summed E-state index contributed by atoms with van der Waals surface area (Å²) in [6.45, 7) is 2.10. The molecule has 1 saturated heterocycles. The molecule has 10 heavy (non-hydrogen) atoms. The normalized spacial score (nSPS) is 32.4. The predicted molar refractivity (Wildman–Crippen MR) is 47.2 cm³/mol. The Kier molecular flexibility index (Phi) is 2.95. The van der Waals surface area contributed by atoms with Gasteiger partial charge in [-0.3, -0.25) is 4.79 Å². The first-order valence-corrected chi connectivity index (χ1v) is 5.06. The molecule has 0 aromatic carbocycles.